The van der Waals surface area contributed by atoms with E-state index >= 15 is 0 Å². The normalized spacial score (nSPS) is 10.6. The summed E-state index contributed by atoms with van der Waals surface area (Å²) in [5.74, 6) is -0.934. The van der Waals surface area contributed by atoms with Crippen LogP contribution in [0, 0.1) is 20.8 Å². The molecular formula is C14H16N2O4. The zero-order chi connectivity index (χ0) is 14.9. The Hall–Kier alpha value is -2.37. The number of aryl methyl sites for hydroxylation is 2. The molecule has 0 saturated heterocycles. The van der Waals surface area contributed by atoms with Crippen LogP contribution < -0.4 is 0 Å². The van der Waals surface area contributed by atoms with Crippen molar-refractivity contribution in [2.24, 2.45) is 7.05 Å². The molecule has 0 spiro atoms. The fourth-order valence-electron chi connectivity index (χ4n) is 1.88. The van der Waals surface area contributed by atoms with Gasteiger partial charge in [-0.05, 0) is 26.8 Å². The van der Waals surface area contributed by atoms with Gasteiger partial charge in [-0.1, -0.05) is 5.16 Å². The topological polar surface area (TPSA) is 74.3 Å². The van der Waals surface area contributed by atoms with E-state index in [4.69, 9.17) is 9.26 Å². The molecule has 0 radical (unpaired) electrons. The second-order valence-corrected chi connectivity index (χ2v) is 4.68. The first kappa shape index (κ1) is 14.0. The minimum absolute atomic E-state index is 0.00346. The van der Waals surface area contributed by atoms with Gasteiger partial charge >= 0.3 is 5.97 Å². The van der Waals surface area contributed by atoms with Crippen molar-refractivity contribution in [2.45, 2.75) is 20.8 Å². The fourth-order valence-corrected chi connectivity index (χ4v) is 1.88. The predicted octanol–water partition coefficient (Wildman–Crippen LogP) is 1.98. The van der Waals surface area contributed by atoms with Crippen molar-refractivity contribution >= 4 is 11.8 Å². The van der Waals surface area contributed by atoms with Gasteiger partial charge in [-0.3, -0.25) is 4.79 Å². The zero-order valence-corrected chi connectivity index (χ0v) is 11.9. The van der Waals surface area contributed by atoms with E-state index in [-0.39, 0.29) is 18.2 Å². The molecule has 106 valence electrons. The molecule has 0 unspecified atom stereocenters. The molecule has 0 aliphatic rings. The number of hydrogen-bond donors (Lipinski definition) is 0. The number of aromatic nitrogens is 2. The Labute approximate surface area is 116 Å². The van der Waals surface area contributed by atoms with Crippen LogP contribution in [0.5, 0.6) is 0 Å². The molecule has 20 heavy (non-hydrogen) atoms. The molecule has 2 rings (SSSR count). The number of carbonyl (C=O) groups is 2. The highest BCUT2D eigenvalue weighted by Gasteiger charge is 2.18. The average molecular weight is 276 g/mol. The lowest BCUT2D eigenvalue weighted by Gasteiger charge is -2.03. The van der Waals surface area contributed by atoms with Crippen molar-refractivity contribution in [3.8, 4) is 0 Å². The number of esters is 1. The van der Waals surface area contributed by atoms with Gasteiger partial charge in [0.05, 0.1) is 5.69 Å². The Morgan fingerprint density at radius 3 is 2.50 bits per heavy atom. The Kier molecular flexibility index (Phi) is 3.74. The molecule has 0 atom stereocenters. The maximum atomic E-state index is 12.0. The van der Waals surface area contributed by atoms with E-state index in [0.29, 0.717) is 11.3 Å². The lowest BCUT2D eigenvalue weighted by molar-refractivity contribution is 0.0435. The van der Waals surface area contributed by atoms with Crippen LogP contribution >= 0.6 is 0 Å². The van der Waals surface area contributed by atoms with Crippen molar-refractivity contribution in [3.05, 3.63) is 40.5 Å². The number of hydrogen-bond acceptors (Lipinski definition) is 5. The van der Waals surface area contributed by atoms with Crippen molar-refractivity contribution in [3.63, 3.8) is 0 Å². The van der Waals surface area contributed by atoms with Gasteiger partial charge in [0.25, 0.3) is 0 Å². The summed E-state index contributed by atoms with van der Waals surface area (Å²) < 4.78 is 11.6. The standard InChI is InChI=1S/C14H16N2O4/c1-8-5-13(20-15-8)14(18)19-7-12(17)11-6-9(2)16(4)10(11)3/h5-6H,7H2,1-4H3. The Bertz CT molecular complexity index is 667. The molecular weight excluding hydrogens is 260 g/mol. The second-order valence-electron chi connectivity index (χ2n) is 4.68. The smallest absolute Gasteiger partial charge is 0.377 e. The second kappa shape index (κ2) is 5.32. The summed E-state index contributed by atoms with van der Waals surface area (Å²) in [5, 5.41) is 3.59. The minimum atomic E-state index is -0.691. The third-order valence-corrected chi connectivity index (χ3v) is 3.24. The molecule has 6 heteroatoms. The fraction of sp³-hybridized carbons (Fsp3) is 0.357. The number of nitrogens with zero attached hydrogens (tertiary/aromatic N) is 2. The lowest BCUT2D eigenvalue weighted by Crippen LogP contribution is -2.14. The Morgan fingerprint density at radius 2 is 2.00 bits per heavy atom. The van der Waals surface area contributed by atoms with Gasteiger partial charge in [0, 0.05) is 30.1 Å². The molecule has 6 nitrogen and oxygen atoms in total. The minimum Gasteiger partial charge on any atom is -0.451 e. The maximum Gasteiger partial charge on any atom is 0.377 e. The maximum absolute atomic E-state index is 12.0. The van der Waals surface area contributed by atoms with Crippen LogP contribution in [-0.4, -0.2) is 28.1 Å². The van der Waals surface area contributed by atoms with E-state index in [9.17, 15) is 9.59 Å². The van der Waals surface area contributed by atoms with Crippen LogP contribution in [-0.2, 0) is 11.8 Å². The van der Waals surface area contributed by atoms with Crippen molar-refractivity contribution < 1.29 is 18.8 Å². The van der Waals surface area contributed by atoms with Gasteiger partial charge in [-0.25, -0.2) is 4.79 Å². The molecule has 0 aliphatic heterocycles. The average Bonchev–Trinajstić information content (AvgIpc) is 2.95. The molecule has 2 aromatic rings. The first-order valence-corrected chi connectivity index (χ1v) is 6.16. The van der Waals surface area contributed by atoms with Gasteiger partial charge in [0.1, 0.15) is 0 Å². The van der Waals surface area contributed by atoms with E-state index in [1.807, 2.05) is 25.5 Å². The summed E-state index contributed by atoms with van der Waals surface area (Å²) >= 11 is 0. The first-order valence-electron chi connectivity index (χ1n) is 6.16. The predicted molar refractivity (Wildman–Crippen MR) is 70.7 cm³/mol. The highest BCUT2D eigenvalue weighted by atomic mass is 16.6. The zero-order valence-electron chi connectivity index (χ0n) is 11.9. The molecule has 0 N–H and O–H groups in total. The molecule has 0 bridgehead atoms. The van der Waals surface area contributed by atoms with Gasteiger partial charge in [-0.15, -0.1) is 0 Å². The molecule has 0 saturated carbocycles. The summed E-state index contributed by atoms with van der Waals surface area (Å²) in [6.45, 7) is 5.14. The third kappa shape index (κ3) is 2.64. The van der Waals surface area contributed by atoms with Gasteiger partial charge < -0.3 is 13.8 Å². The van der Waals surface area contributed by atoms with Gasteiger partial charge in [-0.2, -0.15) is 0 Å². The van der Waals surface area contributed by atoms with Gasteiger partial charge in [0.2, 0.25) is 11.5 Å². The number of carbonyl (C=O) groups excluding carboxylic acids is 2. The third-order valence-electron chi connectivity index (χ3n) is 3.24. The van der Waals surface area contributed by atoms with Gasteiger partial charge in [0.15, 0.2) is 6.61 Å². The van der Waals surface area contributed by atoms with Crippen LogP contribution in [0.15, 0.2) is 16.7 Å². The largest absolute Gasteiger partial charge is 0.451 e. The quantitative estimate of drug-likeness (QED) is 0.630. The number of ketones is 1. The van der Waals surface area contributed by atoms with E-state index in [2.05, 4.69) is 5.16 Å². The SMILES string of the molecule is Cc1cc(C(=O)OCC(=O)c2cc(C)n(C)c2C)on1. The molecule has 0 amide bonds. The van der Waals surface area contributed by atoms with E-state index in [0.717, 1.165) is 11.4 Å². The Balaban J connectivity index is 2.02. The van der Waals surface area contributed by atoms with E-state index in [1.165, 1.54) is 6.07 Å². The van der Waals surface area contributed by atoms with Crippen LogP contribution in [0.4, 0.5) is 0 Å². The van der Waals surface area contributed by atoms with Crippen LogP contribution in [0.3, 0.4) is 0 Å². The number of rotatable bonds is 4. The molecule has 0 aliphatic carbocycles. The summed E-state index contributed by atoms with van der Waals surface area (Å²) in [4.78, 5) is 23.7. The summed E-state index contributed by atoms with van der Waals surface area (Å²) in [7, 11) is 1.88. The molecule has 2 aromatic heterocycles. The molecule has 2 heterocycles. The number of Topliss-reactive ketones (excluding diaryl/α,β-unsaturated/α-hetero) is 1. The van der Waals surface area contributed by atoms with Crippen LogP contribution in [0.1, 0.15) is 38.0 Å². The monoisotopic (exact) mass is 276 g/mol. The van der Waals surface area contributed by atoms with Crippen molar-refractivity contribution in [1.29, 1.82) is 0 Å². The van der Waals surface area contributed by atoms with E-state index < -0.39 is 5.97 Å². The molecule has 0 aromatic carbocycles. The summed E-state index contributed by atoms with van der Waals surface area (Å²) in [6, 6.07) is 3.24. The molecule has 0 fully saturated rings. The van der Waals surface area contributed by atoms with Crippen LogP contribution in [0.2, 0.25) is 0 Å². The highest BCUT2D eigenvalue weighted by Crippen LogP contribution is 2.14. The van der Waals surface area contributed by atoms with Crippen molar-refractivity contribution in [2.75, 3.05) is 6.61 Å². The Morgan fingerprint density at radius 1 is 1.30 bits per heavy atom. The highest BCUT2D eigenvalue weighted by molar-refractivity contribution is 6.00. The van der Waals surface area contributed by atoms with E-state index in [1.54, 1.807) is 13.0 Å². The summed E-state index contributed by atoms with van der Waals surface area (Å²) in [6.07, 6.45) is 0. The summed E-state index contributed by atoms with van der Waals surface area (Å²) in [5.41, 5.74) is 2.96. The lowest BCUT2D eigenvalue weighted by atomic mass is 10.1. The van der Waals surface area contributed by atoms with Crippen LogP contribution in [0.25, 0.3) is 0 Å². The first-order chi connectivity index (χ1) is 9.40. The van der Waals surface area contributed by atoms with Crippen molar-refractivity contribution in [1.82, 2.24) is 9.72 Å². The number of ether oxygens (including phenoxy) is 1.